The minimum atomic E-state index is -0.538. The summed E-state index contributed by atoms with van der Waals surface area (Å²) in [5.41, 5.74) is 2.85. The van der Waals surface area contributed by atoms with Crippen molar-refractivity contribution in [2.45, 2.75) is 13.5 Å². The Bertz CT molecular complexity index is 1170. The van der Waals surface area contributed by atoms with Crippen LogP contribution in [0.1, 0.15) is 12.5 Å². The Morgan fingerprint density at radius 3 is 2.52 bits per heavy atom. The second-order valence-corrected chi connectivity index (χ2v) is 5.99. The van der Waals surface area contributed by atoms with Crippen molar-refractivity contribution >= 4 is 22.8 Å². The summed E-state index contributed by atoms with van der Waals surface area (Å²) in [6.45, 7) is 1.47. The first-order chi connectivity index (χ1) is 12.8. The lowest BCUT2D eigenvalue weighted by molar-refractivity contribution is -0.121. The van der Waals surface area contributed by atoms with E-state index in [2.05, 4.69) is 15.5 Å². The molecule has 3 aromatic rings. The van der Waals surface area contributed by atoms with Gasteiger partial charge in [0.1, 0.15) is 12.4 Å². The molecular weight excluding hydrogens is 355 g/mol. The molecule has 0 aliphatic carbocycles. The second kappa shape index (κ2) is 6.98. The van der Waals surface area contributed by atoms with Gasteiger partial charge >= 0.3 is 5.69 Å². The van der Waals surface area contributed by atoms with Gasteiger partial charge in [0.05, 0.1) is 12.0 Å². The Hall–Kier alpha value is -3.56. The van der Waals surface area contributed by atoms with Crippen LogP contribution in [0, 0.1) is 5.82 Å². The number of aryl methyl sites for hydroxylation is 1. The number of hydrogen-bond acceptors (Lipinski definition) is 5. The quantitative estimate of drug-likeness (QED) is 0.519. The second-order valence-electron chi connectivity index (χ2n) is 5.99. The summed E-state index contributed by atoms with van der Waals surface area (Å²) in [6.07, 6.45) is 1.32. The van der Waals surface area contributed by atoms with Gasteiger partial charge < -0.3 is 4.57 Å². The first kappa shape index (κ1) is 18.2. The zero-order valence-electron chi connectivity index (χ0n) is 14.9. The minimum Gasteiger partial charge on any atom is -0.315 e. The van der Waals surface area contributed by atoms with Crippen molar-refractivity contribution in [1.82, 2.24) is 24.1 Å². The van der Waals surface area contributed by atoms with Crippen molar-refractivity contribution in [3.8, 4) is 0 Å². The molecule has 0 unspecified atom stereocenters. The Kier molecular flexibility index (Phi) is 4.72. The standard InChI is InChI=1S/C17H17FN6O3/c1-10(11-4-6-12(18)7-5-11)20-21-13(25)8-24-9-19-15-14(24)16(26)23(3)17(27)22(15)2/h4-7,9H,8H2,1-3H3,(H,21,25)/b20-10+. The average molecular weight is 372 g/mol. The summed E-state index contributed by atoms with van der Waals surface area (Å²) in [6, 6.07) is 5.70. The van der Waals surface area contributed by atoms with E-state index in [4.69, 9.17) is 0 Å². The van der Waals surface area contributed by atoms with Crippen LogP contribution >= 0.6 is 0 Å². The molecule has 0 spiro atoms. The van der Waals surface area contributed by atoms with E-state index in [0.717, 1.165) is 4.57 Å². The van der Waals surface area contributed by atoms with Crippen LogP contribution in [0.2, 0.25) is 0 Å². The van der Waals surface area contributed by atoms with E-state index in [-0.39, 0.29) is 23.5 Å². The molecule has 0 aliphatic rings. The molecule has 2 aromatic heterocycles. The van der Waals surface area contributed by atoms with Crippen LogP contribution in [0.25, 0.3) is 11.2 Å². The van der Waals surface area contributed by atoms with Crippen LogP contribution in [-0.2, 0) is 25.4 Å². The number of rotatable bonds is 4. The number of fused-ring (bicyclic) bond motifs is 1. The van der Waals surface area contributed by atoms with Crippen LogP contribution in [-0.4, -0.2) is 30.3 Å². The van der Waals surface area contributed by atoms with Crippen molar-refractivity contribution in [1.29, 1.82) is 0 Å². The first-order valence-electron chi connectivity index (χ1n) is 7.99. The van der Waals surface area contributed by atoms with Crippen molar-refractivity contribution < 1.29 is 9.18 Å². The third kappa shape index (κ3) is 3.41. The fraction of sp³-hybridized carbons (Fsp3) is 0.235. The van der Waals surface area contributed by atoms with Gasteiger partial charge in [-0.25, -0.2) is 19.6 Å². The van der Waals surface area contributed by atoms with E-state index in [0.29, 0.717) is 11.3 Å². The highest BCUT2D eigenvalue weighted by Gasteiger charge is 2.15. The van der Waals surface area contributed by atoms with Gasteiger partial charge in [-0.05, 0) is 24.6 Å². The van der Waals surface area contributed by atoms with E-state index in [1.54, 1.807) is 19.1 Å². The van der Waals surface area contributed by atoms with E-state index in [9.17, 15) is 18.8 Å². The van der Waals surface area contributed by atoms with Crippen LogP contribution in [0.15, 0.2) is 45.3 Å². The van der Waals surface area contributed by atoms with Gasteiger partial charge in [-0.15, -0.1) is 0 Å². The maximum absolute atomic E-state index is 13.0. The molecule has 140 valence electrons. The van der Waals surface area contributed by atoms with Crippen LogP contribution < -0.4 is 16.7 Å². The molecule has 2 heterocycles. The smallest absolute Gasteiger partial charge is 0.315 e. The SMILES string of the molecule is C/C(=N\NC(=O)Cn1cnc2c1c(=O)n(C)c(=O)n2C)c1ccc(F)cc1. The van der Waals surface area contributed by atoms with Gasteiger partial charge in [0.2, 0.25) is 0 Å². The van der Waals surface area contributed by atoms with Crippen molar-refractivity contribution in [3.63, 3.8) is 0 Å². The topological polar surface area (TPSA) is 103 Å². The molecule has 1 amide bonds. The minimum absolute atomic E-state index is 0.147. The van der Waals surface area contributed by atoms with Gasteiger partial charge in [0.15, 0.2) is 11.2 Å². The zero-order valence-corrected chi connectivity index (χ0v) is 14.9. The number of hydrazone groups is 1. The molecular formula is C17H17FN6O3. The van der Waals surface area contributed by atoms with Crippen molar-refractivity contribution in [2.24, 2.45) is 19.2 Å². The highest BCUT2D eigenvalue weighted by molar-refractivity contribution is 5.99. The van der Waals surface area contributed by atoms with Crippen LogP contribution in [0.4, 0.5) is 4.39 Å². The summed E-state index contributed by atoms with van der Waals surface area (Å²) < 4.78 is 16.5. The molecule has 10 heteroatoms. The maximum atomic E-state index is 13.0. The van der Waals surface area contributed by atoms with Gasteiger partial charge in [0.25, 0.3) is 11.5 Å². The van der Waals surface area contributed by atoms with Gasteiger partial charge in [-0.3, -0.25) is 18.7 Å². The number of nitrogens with one attached hydrogen (secondary N) is 1. The molecule has 1 aromatic carbocycles. The molecule has 0 radical (unpaired) electrons. The van der Waals surface area contributed by atoms with E-state index in [1.807, 2.05) is 0 Å². The number of carbonyl (C=O) groups is 1. The maximum Gasteiger partial charge on any atom is 0.332 e. The number of imidazole rings is 1. The molecule has 0 saturated heterocycles. The van der Waals surface area contributed by atoms with E-state index < -0.39 is 17.2 Å². The van der Waals surface area contributed by atoms with Crippen LogP contribution in [0.3, 0.4) is 0 Å². The third-order valence-electron chi connectivity index (χ3n) is 4.14. The number of halogens is 1. The molecule has 9 nitrogen and oxygen atoms in total. The Morgan fingerprint density at radius 2 is 1.85 bits per heavy atom. The number of amides is 1. The molecule has 3 rings (SSSR count). The summed E-state index contributed by atoms with van der Waals surface area (Å²) in [5.74, 6) is -0.842. The highest BCUT2D eigenvalue weighted by atomic mass is 19.1. The predicted molar refractivity (Wildman–Crippen MR) is 97.0 cm³/mol. The molecule has 0 atom stereocenters. The summed E-state index contributed by atoms with van der Waals surface area (Å²) >= 11 is 0. The highest BCUT2D eigenvalue weighted by Crippen LogP contribution is 2.06. The van der Waals surface area contributed by atoms with Gasteiger partial charge in [-0.1, -0.05) is 12.1 Å². The molecule has 0 bridgehead atoms. The van der Waals surface area contributed by atoms with E-state index >= 15 is 0 Å². The normalized spacial score (nSPS) is 11.8. The fourth-order valence-electron chi connectivity index (χ4n) is 2.61. The molecule has 0 aliphatic heterocycles. The number of carbonyl (C=O) groups excluding carboxylic acids is 1. The third-order valence-corrected chi connectivity index (χ3v) is 4.14. The molecule has 27 heavy (non-hydrogen) atoms. The lowest BCUT2D eigenvalue weighted by Gasteiger charge is -2.06. The molecule has 0 fully saturated rings. The Balaban J connectivity index is 1.83. The molecule has 1 N–H and O–H groups in total. The molecule has 0 saturated carbocycles. The average Bonchev–Trinajstić information content (AvgIpc) is 3.07. The monoisotopic (exact) mass is 372 g/mol. The van der Waals surface area contributed by atoms with E-state index in [1.165, 1.54) is 41.7 Å². The van der Waals surface area contributed by atoms with Crippen molar-refractivity contribution in [3.05, 3.63) is 62.8 Å². The lowest BCUT2D eigenvalue weighted by Crippen LogP contribution is -2.38. The van der Waals surface area contributed by atoms with Gasteiger partial charge in [-0.2, -0.15) is 5.10 Å². The first-order valence-corrected chi connectivity index (χ1v) is 7.99. The number of benzene rings is 1. The largest absolute Gasteiger partial charge is 0.332 e. The number of hydrogen-bond donors (Lipinski definition) is 1. The summed E-state index contributed by atoms with van der Waals surface area (Å²) in [7, 11) is 2.86. The van der Waals surface area contributed by atoms with Gasteiger partial charge in [0, 0.05) is 14.1 Å². The lowest BCUT2D eigenvalue weighted by atomic mass is 10.1. The fourth-order valence-corrected chi connectivity index (χ4v) is 2.61. The summed E-state index contributed by atoms with van der Waals surface area (Å²) in [5, 5.41) is 3.98. The predicted octanol–water partition coefficient (Wildman–Crippen LogP) is 0.113. The zero-order chi connectivity index (χ0) is 19.7. The number of aromatic nitrogens is 4. The Morgan fingerprint density at radius 1 is 1.19 bits per heavy atom. The van der Waals surface area contributed by atoms with Crippen molar-refractivity contribution in [2.75, 3.05) is 0 Å². The summed E-state index contributed by atoms with van der Waals surface area (Å²) in [4.78, 5) is 40.5. The number of nitrogens with zero attached hydrogens (tertiary/aromatic N) is 5. The Labute approximate surface area is 152 Å². The van der Waals surface area contributed by atoms with Crippen LogP contribution in [0.5, 0.6) is 0 Å².